The topological polar surface area (TPSA) is 66.5 Å². The zero-order valence-electron chi connectivity index (χ0n) is 12.1. The molecule has 2 amide bonds. The first kappa shape index (κ1) is 16.1. The molecule has 116 valence electrons. The largest absolute Gasteiger partial charge is 0.322 e. The summed E-state index contributed by atoms with van der Waals surface area (Å²) in [7, 11) is -3.01. The van der Waals surface area contributed by atoms with Crippen LogP contribution in [-0.2, 0) is 9.84 Å². The predicted molar refractivity (Wildman–Crippen MR) is 84.6 cm³/mol. The van der Waals surface area contributed by atoms with Gasteiger partial charge in [0, 0.05) is 23.3 Å². The van der Waals surface area contributed by atoms with Crippen LogP contribution in [0, 0.1) is 6.92 Å². The predicted octanol–water partition coefficient (Wildman–Crippen LogP) is 2.69. The van der Waals surface area contributed by atoms with Crippen LogP contribution in [0.4, 0.5) is 10.5 Å². The smallest absolute Gasteiger partial charge is 0.321 e. The molecule has 0 aromatic heterocycles. The van der Waals surface area contributed by atoms with Gasteiger partial charge in [-0.2, -0.15) is 0 Å². The second-order valence-corrected chi connectivity index (χ2v) is 7.90. The number of hydrogen-bond donors (Lipinski definition) is 1. The number of carbonyl (C=O) groups is 1. The molecule has 1 aliphatic heterocycles. The van der Waals surface area contributed by atoms with Gasteiger partial charge in [0.25, 0.3) is 0 Å². The van der Waals surface area contributed by atoms with Crippen molar-refractivity contribution in [3.8, 4) is 0 Å². The first-order chi connectivity index (χ1) is 9.82. The van der Waals surface area contributed by atoms with E-state index in [1.807, 2.05) is 19.9 Å². The third-order valence-corrected chi connectivity index (χ3v) is 5.68. The van der Waals surface area contributed by atoms with Crippen molar-refractivity contribution in [1.82, 2.24) is 4.90 Å². The fourth-order valence-corrected chi connectivity index (χ4v) is 4.41. The average Bonchev–Trinajstić information content (AvgIpc) is 2.75. The number of aryl methyl sites for hydroxylation is 1. The van der Waals surface area contributed by atoms with E-state index in [-0.39, 0.29) is 23.6 Å². The van der Waals surface area contributed by atoms with Gasteiger partial charge in [-0.1, -0.05) is 17.7 Å². The van der Waals surface area contributed by atoms with Crippen LogP contribution < -0.4 is 5.32 Å². The SMILES string of the molecule is CCN(C(=O)Nc1cc(Cl)ccc1C)C1CCS(=O)(=O)C1. The Kier molecular flexibility index (Phi) is 4.78. The Morgan fingerprint density at radius 3 is 2.76 bits per heavy atom. The number of hydrogen-bond acceptors (Lipinski definition) is 3. The molecule has 1 heterocycles. The van der Waals surface area contributed by atoms with Crippen LogP contribution in [-0.4, -0.2) is 43.4 Å². The molecule has 1 atom stereocenters. The van der Waals surface area contributed by atoms with Crippen molar-refractivity contribution in [1.29, 1.82) is 0 Å². The molecular weight excluding hydrogens is 312 g/mol. The lowest BCUT2D eigenvalue weighted by Gasteiger charge is -2.27. The van der Waals surface area contributed by atoms with Gasteiger partial charge < -0.3 is 10.2 Å². The van der Waals surface area contributed by atoms with Crippen LogP contribution in [0.5, 0.6) is 0 Å². The molecule has 1 aromatic rings. The maximum Gasteiger partial charge on any atom is 0.322 e. The summed E-state index contributed by atoms with van der Waals surface area (Å²) in [5.74, 6) is 0.195. The highest BCUT2D eigenvalue weighted by atomic mass is 35.5. The molecule has 1 aromatic carbocycles. The van der Waals surface area contributed by atoms with Crippen molar-refractivity contribution < 1.29 is 13.2 Å². The van der Waals surface area contributed by atoms with E-state index in [0.29, 0.717) is 23.7 Å². The van der Waals surface area contributed by atoms with Crippen molar-refractivity contribution in [2.75, 3.05) is 23.4 Å². The van der Waals surface area contributed by atoms with E-state index >= 15 is 0 Å². The lowest BCUT2D eigenvalue weighted by molar-refractivity contribution is 0.197. The Bertz CT molecular complexity index is 646. The van der Waals surface area contributed by atoms with E-state index in [1.165, 1.54) is 0 Å². The van der Waals surface area contributed by atoms with Crippen molar-refractivity contribution >= 4 is 33.2 Å². The molecule has 1 saturated heterocycles. The summed E-state index contributed by atoms with van der Waals surface area (Å²) in [5, 5.41) is 3.36. The van der Waals surface area contributed by atoms with Crippen LogP contribution in [0.25, 0.3) is 0 Å². The van der Waals surface area contributed by atoms with Crippen molar-refractivity contribution in [3.63, 3.8) is 0 Å². The molecule has 0 radical (unpaired) electrons. The molecular formula is C14H19ClN2O3S. The highest BCUT2D eigenvalue weighted by Gasteiger charge is 2.34. The van der Waals surface area contributed by atoms with E-state index in [4.69, 9.17) is 11.6 Å². The molecule has 1 unspecified atom stereocenters. The van der Waals surface area contributed by atoms with E-state index < -0.39 is 9.84 Å². The van der Waals surface area contributed by atoms with E-state index in [1.54, 1.807) is 17.0 Å². The summed E-state index contributed by atoms with van der Waals surface area (Å²) >= 11 is 5.93. The molecule has 0 aliphatic carbocycles. The zero-order valence-corrected chi connectivity index (χ0v) is 13.7. The Morgan fingerprint density at radius 1 is 1.48 bits per heavy atom. The van der Waals surface area contributed by atoms with Gasteiger partial charge in [0.1, 0.15) is 0 Å². The van der Waals surface area contributed by atoms with Gasteiger partial charge in [0.05, 0.1) is 11.5 Å². The van der Waals surface area contributed by atoms with Crippen LogP contribution in [0.1, 0.15) is 18.9 Å². The van der Waals surface area contributed by atoms with Crippen LogP contribution in [0.2, 0.25) is 5.02 Å². The molecule has 1 aliphatic rings. The minimum Gasteiger partial charge on any atom is -0.321 e. The molecule has 1 N–H and O–H groups in total. The molecule has 2 rings (SSSR count). The molecule has 21 heavy (non-hydrogen) atoms. The minimum atomic E-state index is -3.01. The highest BCUT2D eigenvalue weighted by molar-refractivity contribution is 7.91. The molecule has 7 heteroatoms. The minimum absolute atomic E-state index is 0.0444. The van der Waals surface area contributed by atoms with Crippen molar-refractivity contribution in [2.24, 2.45) is 0 Å². The van der Waals surface area contributed by atoms with Gasteiger partial charge in [-0.25, -0.2) is 13.2 Å². The zero-order chi connectivity index (χ0) is 15.6. The monoisotopic (exact) mass is 330 g/mol. The number of sulfone groups is 1. The van der Waals surface area contributed by atoms with Gasteiger partial charge in [0.2, 0.25) is 0 Å². The molecule has 0 spiro atoms. The maximum absolute atomic E-state index is 12.4. The third kappa shape index (κ3) is 3.89. The normalized spacial score (nSPS) is 20.2. The number of rotatable bonds is 3. The van der Waals surface area contributed by atoms with Crippen LogP contribution in [0.3, 0.4) is 0 Å². The Hall–Kier alpha value is -1.27. The summed E-state index contributed by atoms with van der Waals surface area (Å²) in [5.41, 5.74) is 1.55. The Labute approximate surface area is 130 Å². The molecule has 0 bridgehead atoms. The van der Waals surface area contributed by atoms with Crippen LogP contribution >= 0.6 is 11.6 Å². The van der Waals surface area contributed by atoms with Gasteiger partial charge in [0.15, 0.2) is 9.84 Å². The number of amides is 2. The second kappa shape index (κ2) is 6.23. The number of halogens is 1. The first-order valence-electron chi connectivity index (χ1n) is 6.86. The summed E-state index contributed by atoms with van der Waals surface area (Å²) in [6, 6.07) is 4.74. The van der Waals surface area contributed by atoms with Gasteiger partial charge in [-0.3, -0.25) is 0 Å². The Balaban J connectivity index is 2.12. The maximum atomic E-state index is 12.4. The fraction of sp³-hybridized carbons (Fsp3) is 0.500. The average molecular weight is 331 g/mol. The first-order valence-corrected chi connectivity index (χ1v) is 9.06. The number of carbonyl (C=O) groups excluding carboxylic acids is 1. The standard InChI is InChI=1S/C14H19ClN2O3S/c1-3-17(12-6-7-21(19,20)9-12)14(18)16-13-8-11(15)5-4-10(13)2/h4-5,8,12H,3,6-7,9H2,1-2H3,(H,16,18). The molecule has 5 nitrogen and oxygen atoms in total. The summed E-state index contributed by atoms with van der Waals surface area (Å²) in [6.45, 7) is 4.18. The fourth-order valence-electron chi connectivity index (χ4n) is 2.50. The van der Waals surface area contributed by atoms with Crippen molar-refractivity contribution in [3.05, 3.63) is 28.8 Å². The van der Waals surface area contributed by atoms with Crippen LogP contribution in [0.15, 0.2) is 18.2 Å². The van der Waals surface area contributed by atoms with Crippen molar-refractivity contribution in [2.45, 2.75) is 26.3 Å². The lowest BCUT2D eigenvalue weighted by atomic mass is 10.2. The summed E-state index contributed by atoms with van der Waals surface area (Å²) < 4.78 is 23.1. The number of anilines is 1. The number of benzene rings is 1. The molecule has 1 fully saturated rings. The van der Waals surface area contributed by atoms with Gasteiger partial charge >= 0.3 is 6.03 Å². The van der Waals surface area contributed by atoms with E-state index in [0.717, 1.165) is 5.56 Å². The number of nitrogens with zero attached hydrogens (tertiary/aromatic N) is 1. The summed E-state index contributed by atoms with van der Waals surface area (Å²) in [6.07, 6.45) is 0.498. The van der Waals surface area contributed by atoms with E-state index in [2.05, 4.69) is 5.32 Å². The highest BCUT2D eigenvalue weighted by Crippen LogP contribution is 2.22. The van der Waals surface area contributed by atoms with E-state index in [9.17, 15) is 13.2 Å². The molecule has 0 saturated carbocycles. The lowest BCUT2D eigenvalue weighted by Crippen LogP contribution is -2.43. The van der Waals surface area contributed by atoms with Gasteiger partial charge in [-0.05, 0) is 38.0 Å². The van der Waals surface area contributed by atoms with Gasteiger partial charge in [-0.15, -0.1) is 0 Å². The second-order valence-electron chi connectivity index (χ2n) is 5.23. The quantitative estimate of drug-likeness (QED) is 0.926. The summed E-state index contributed by atoms with van der Waals surface area (Å²) in [4.78, 5) is 14.0. The third-order valence-electron chi connectivity index (χ3n) is 3.69. The Morgan fingerprint density at radius 2 is 2.19 bits per heavy atom. The number of nitrogens with one attached hydrogen (secondary N) is 1. The number of urea groups is 1.